The zero-order valence-corrected chi connectivity index (χ0v) is 6.90. The Balaban J connectivity index is 2.69. The van der Waals surface area contributed by atoms with E-state index < -0.39 is 0 Å². The second-order valence-electron chi connectivity index (χ2n) is 2.59. The standard InChI is InChI=1S/C10H9FO2/c11-9-3-1-2-8(6-9)7-10(13)4-5-12/h1-6,12H,7H2. The molecule has 68 valence electrons. The van der Waals surface area contributed by atoms with Crippen LogP contribution < -0.4 is 0 Å². The van der Waals surface area contributed by atoms with E-state index in [4.69, 9.17) is 5.11 Å². The maximum Gasteiger partial charge on any atom is 0.163 e. The van der Waals surface area contributed by atoms with Gasteiger partial charge in [-0.15, -0.1) is 0 Å². The molecule has 0 spiro atoms. The zero-order valence-electron chi connectivity index (χ0n) is 6.90. The van der Waals surface area contributed by atoms with Gasteiger partial charge in [-0.25, -0.2) is 4.39 Å². The normalized spacial score (nSPS) is 10.5. The molecule has 0 saturated heterocycles. The van der Waals surface area contributed by atoms with E-state index in [2.05, 4.69) is 0 Å². The highest BCUT2D eigenvalue weighted by molar-refractivity contribution is 5.91. The van der Waals surface area contributed by atoms with Crippen molar-refractivity contribution in [3.8, 4) is 0 Å². The molecule has 2 nitrogen and oxygen atoms in total. The van der Waals surface area contributed by atoms with E-state index in [0.717, 1.165) is 6.08 Å². The van der Waals surface area contributed by atoms with Crippen molar-refractivity contribution in [3.63, 3.8) is 0 Å². The number of hydrogen-bond acceptors (Lipinski definition) is 2. The van der Waals surface area contributed by atoms with Crippen LogP contribution in [0, 0.1) is 5.82 Å². The lowest BCUT2D eigenvalue weighted by molar-refractivity contribution is -0.114. The summed E-state index contributed by atoms with van der Waals surface area (Å²) in [5, 5.41) is 8.29. The van der Waals surface area contributed by atoms with Gasteiger partial charge in [0.05, 0.1) is 6.26 Å². The average Bonchev–Trinajstić information content (AvgIpc) is 2.04. The second kappa shape index (κ2) is 4.40. The number of allylic oxidation sites excluding steroid dienone is 1. The lowest BCUT2D eigenvalue weighted by Crippen LogP contribution is -1.98. The van der Waals surface area contributed by atoms with Gasteiger partial charge in [0.15, 0.2) is 5.78 Å². The highest BCUT2D eigenvalue weighted by Gasteiger charge is 2.00. The summed E-state index contributed by atoms with van der Waals surface area (Å²) in [4.78, 5) is 11.0. The lowest BCUT2D eigenvalue weighted by atomic mass is 10.1. The minimum atomic E-state index is -0.363. The first-order chi connectivity index (χ1) is 6.22. The molecule has 0 bridgehead atoms. The number of halogens is 1. The Morgan fingerprint density at radius 2 is 2.31 bits per heavy atom. The molecule has 0 fully saturated rings. The van der Waals surface area contributed by atoms with Gasteiger partial charge in [0, 0.05) is 12.5 Å². The molecule has 0 aliphatic carbocycles. The third kappa shape index (κ3) is 3.07. The molecule has 0 saturated carbocycles. The molecule has 0 atom stereocenters. The SMILES string of the molecule is O=C(C=CO)Cc1cccc(F)c1. The Hall–Kier alpha value is -1.64. The fourth-order valence-corrected chi connectivity index (χ4v) is 0.990. The van der Waals surface area contributed by atoms with Crippen LogP contribution in [0.1, 0.15) is 5.56 Å². The minimum absolute atomic E-state index is 0.106. The van der Waals surface area contributed by atoms with Crippen molar-refractivity contribution in [2.75, 3.05) is 0 Å². The van der Waals surface area contributed by atoms with Crippen molar-refractivity contribution in [2.24, 2.45) is 0 Å². The Labute approximate surface area is 75.3 Å². The number of aliphatic hydroxyl groups is 1. The van der Waals surface area contributed by atoms with Gasteiger partial charge in [-0.05, 0) is 17.7 Å². The van der Waals surface area contributed by atoms with E-state index in [-0.39, 0.29) is 18.0 Å². The summed E-state index contributed by atoms with van der Waals surface area (Å²) in [5.74, 6) is -0.619. The Morgan fingerprint density at radius 3 is 2.92 bits per heavy atom. The minimum Gasteiger partial charge on any atom is -0.515 e. The molecule has 1 aromatic carbocycles. The second-order valence-corrected chi connectivity index (χ2v) is 2.59. The highest BCUT2D eigenvalue weighted by Crippen LogP contribution is 2.04. The monoisotopic (exact) mass is 180 g/mol. The van der Waals surface area contributed by atoms with Crippen molar-refractivity contribution in [1.29, 1.82) is 0 Å². The molecule has 1 rings (SSSR count). The summed E-state index contributed by atoms with van der Waals surface area (Å²) in [6.07, 6.45) is 1.83. The third-order valence-corrected chi connectivity index (χ3v) is 1.53. The molecule has 1 aromatic rings. The molecule has 0 aromatic heterocycles. The molecule has 0 unspecified atom stereocenters. The van der Waals surface area contributed by atoms with Gasteiger partial charge in [0.25, 0.3) is 0 Å². The third-order valence-electron chi connectivity index (χ3n) is 1.53. The number of carbonyl (C=O) groups excluding carboxylic acids is 1. The van der Waals surface area contributed by atoms with E-state index in [9.17, 15) is 9.18 Å². The van der Waals surface area contributed by atoms with Crippen molar-refractivity contribution >= 4 is 5.78 Å². The molecule has 0 radical (unpaired) electrons. The fourth-order valence-electron chi connectivity index (χ4n) is 0.990. The summed E-state index contributed by atoms with van der Waals surface area (Å²) in [5.41, 5.74) is 0.600. The maximum absolute atomic E-state index is 12.6. The van der Waals surface area contributed by atoms with Crippen LogP contribution in [0.3, 0.4) is 0 Å². The highest BCUT2D eigenvalue weighted by atomic mass is 19.1. The van der Waals surface area contributed by atoms with Crippen molar-refractivity contribution in [3.05, 3.63) is 48.0 Å². The molecule has 0 amide bonds. The average molecular weight is 180 g/mol. The van der Waals surface area contributed by atoms with E-state index >= 15 is 0 Å². The van der Waals surface area contributed by atoms with Crippen LogP contribution in [0.5, 0.6) is 0 Å². The van der Waals surface area contributed by atoms with Gasteiger partial charge in [-0.1, -0.05) is 12.1 Å². The van der Waals surface area contributed by atoms with Gasteiger partial charge in [-0.3, -0.25) is 4.79 Å². The maximum atomic E-state index is 12.6. The van der Waals surface area contributed by atoms with E-state index in [1.54, 1.807) is 12.1 Å². The summed E-state index contributed by atoms with van der Waals surface area (Å²) in [6.45, 7) is 0. The Kier molecular flexibility index (Phi) is 3.20. The van der Waals surface area contributed by atoms with Gasteiger partial charge >= 0.3 is 0 Å². The predicted molar refractivity (Wildman–Crippen MR) is 46.9 cm³/mol. The molecule has 3 heteroatoms. The molecular weight excluding hydrogens is 171 g/mol. The first-order valence-electron chi connectivity index (χ1n) is 3.80. The first kappa shape index (κ1) is 9.45. The van der Waals surface area contributed by atoms with Crippen LogP contribution in [0.15, 0.2) is 36.6 Å². The summed E-state index contributed by atoms with van der Waals surface area (Å²) in [6, 6.07) is 5.81. The largest absolute Gasteiger partial charge is 0.515 e. The number of benzene rings is 1. The molecule has 0 aliphatic rings. The van der Waals surface area contributed by atoms with Crippen LogP contribution in [0.25, 0.3) is 0 Å². The van der Waals surface area contributed by atoms with E-state index in [1.165, 1.54) is 12.1 Å². The number of aliphatic hydroxyl groups excluding tert-OH is 1. The van der Waals surface area contributed by atoms with Crippen LogP contribution in [0.2, 0.25) is 0 Å². The molecular formula is C10H9FO2. The van der Waals surface area contributed by atoms with Crippen molar-refractivity contribution < 1.29 is 14.3 Å². The lowest BCUT2D eigenvalue weighted by Gasteiger charge is -1.96. The zero-order chi connectivity index (χ0) is 9.68. The number of ketones is 1. The van der Waals surface area contributed by atoms with Crippen LogP contribution in [0.4, 0.5) is 4.39 Å². The van der Waals surface area contributed by atoms with E-state index in [1.807, 2.05) is 0 Å². The van der Waals surface area contributed by atoms with Crippen LogP contribution >= 0.6 is 0 Å². The predicted octanol–water partition coefficient (Wildman–Crippen LogP) is 2.01. The van der Waals surface area contributed by atoms with E-state index in [0.29, 0.717) is 11.8 Å². The molecule has 1 N–H and O–H groups in total. The topological polar surface area (TPSA) is 37.3 Å². The molecule has 0 heterocycles. The Morgan fingerprint density at radius 1 is 1.54 bits per heavy atom. The van der Waals surface area contributed by atoms with Crippen molar-refractivity contribution in [1.82, 2.24) is 0 Å². The Bertz CT molecular complexity index is 331. The number of rotatable bonds is 3. The fraction of sp³-hybridized carbons (Fsp3) is 0.100. The number of carbonyl (C=O) groups is 1. The summed E-state index contributed by atoms with van der Waals surface area (Å²) in [7, 11) is 0. The van der Waals surface area contributed by atoms with Crippen LogP contribution in [-0.4, -0.2) is 10.9 Å². The quantitative estimate of drug-likeness (QED) is 0.570. The van der Waals surface area contributed by atoms with Gasteiger partial charge < -0.3 is 5.11 Å². The molecule has 13 heavy (non-hydrogen) atoms. The van der Waals surface area contributed by atoms with Crippen molar-refractivity contribution in [2.45, 2.75) is 6.42 Å². The van der Waals surface area contributed by atoms with Gasteiger partial charge in [0.2, 0.25) is 0 Å². The summed E-state index contributed by atoms with van der Waals surface area (Å²) >= 11 is 0. The molecule has 0 aliphatic heterocycles. The van der Waals surface area contributed by atoms with Crippen LogP contribution in [-0.2, 0) is 11.2 Å². The van der Waals surface area contributed by atoms with Gasteiger partial charge in [-0.2, -0.15) is 0 Å². The van der Waals surface area contributed by atoms with Gasteiger partial charge in [0.1, 0.15) is 5.82 Å². The first-order valence-corrected chi connectivity index (χ1v) is 3.80. The summed E-state index contributed by atoms with van der Waals surface area (Å²) < 4.78 is 12.6. The number of hydrogen-bond donors (Lipinski definition) is 1. The smallest absolute Gasteiger partial charge is 0.163 e.